The number of rotatable bonds is 5. The van der Waals surface area contributed by atoms with Crippen LogP contribution in [0.2, 0.25) is 0 Å². The van der Waals surface area contributed by atoms with Crippen LogP contribution in [0.25, 0.3) is 0 Å². The number of anilines is 2. The zero-order chi connectivity index (χ0) is 12.8. The summed E-state index contributed by atoms with van der Waals surface area (Å²) in [6.45, 7) is 2.13. The molecule has 0 saturated heterocycles. The van der Waals surface area contributed by atoms with Crippen LogP contribution in [0.3, 0.4) is 0 Å². The maximum absolute atomic E-state index is 5.45. The number of nitrogens with two attached hydrogens (primary N) is 1. The van der Waals surface area contributed by atoms with E-state index in [9.17, 15) is 0 Å². The summed E-state index contributed by atoms with van der Waals surface area (Å²) in [5.41, 5.74) is 2.61. The highest BCUT2D eigenvalue weighted by molar-refractivity contribution is 5.47. The van der Waals surface area contributed by atoms with Gasteiger partial charge in [-0.1, -0.05) is 26.2 Å². The molecule has 0 radical (unpaired) electrons. The highest BCUT2D eigenvalue weighted by atomic mass is 15.3. The Morgan fingerprint density at radius 3 is 2.61 bits per heavy atom. The van der Waals surface area contributed by atoms with Crippen LogP contribution in [0.5, 0.6) is 0 Å². The number of hydrogen-bond donors (Lipinski definition) is 3. The van der Waals surface area contributed by atoms with Crippen LogP contribution in [0.15, 0.2) is 6.07 Å². The summed E-state index contributed by atoms with van der Waals surface area (Å²) in [4.78, 5) is 8.89. The Balaban J connectivity index is 2.07. The number of aryl methyl sites for hydroxylation is 1. The van der Waals surface area contributed by atoms with E-state index in [4.69, 9.17) is 5.84 Å². The monoisotopic (exact) mass is 249 g/mol. The second kappa shape index (κ2) is 6.54. The van der Waals surface area contributed by atoms with Crippen molar-refractivity contribution >= 4 is 11.6 Å². The molecular formula is C13H23N5. The number of hydrazine groups is 1. The first kappa shape index (κ1) is 13.1. The van der Waals surface area contributed by atoms with Gasteiger partial charge in [0.15, 0.2) is 0 Å². The van der Waals surface area contributed by atoms with Crippen molar-refractivity contribution in [2.45, 2.75) is 57.9 Å². The average Bonchev–Trinajstić information content (AvgIpc) is 2.40. The van der Waals surface area contributed by atoms with Crippen molar-refractivity contribution in [3.63, 3.8) is 0 Å². The van der Waals surface area contributed by atoms with Crippen LogP contribution in [-0.2, 0) is 6.42 Å². The molecule has 0 amide bonds. The molecule has 0 aliphatic heterocycles. The Morgan fingerprint density at radius 1 is 1.22 bits per heavy atom. The Labute approximate surface area is 109 Å². The minimum atomic E-state index is 0.550. The van der Waals surface area contributed by atoms with Crippen LogP contribution >= 0.6 is 0 Å². The molecule has 5 nitrogen and oxygen atoms in total. The summed E-state index contributed by atoms with van der Waals surface area (Å²) in [7, 11) is 0. The number of hydrogen-bond acceptors (Lipinski definition) is 5. The molecule has 1 heterocycles. The van der Waals surface area contributed by atoms with Gasteiger partial charge in [-0.2, -0.15) is 0 Å². The van der Waals surface area contributed by atoms with Crippen molar-refractivity contribution in [2.75, 3.05) is 10.7 Å². The van der Waals surface area contributed by atoms with E-state index in [0.29, 0.717) is 11.9 Å². The molecule has 1 fully saturated rings. The van der Waals surface area contributed by atoms with Gasteiger partial charge in [-0.25, -0.2) is 15.8 Å². The summed E-state index contributed by atoms with van der Waals surface area (Å²) in [6, 6.07) is 2.43. The zero-order valence-electron chi connectivity index (χ0n) is 11.1. The van der Waals surface area contributed by atoms with Gasteiger partial charge in [0.1, 0.15) is 17.5 Å². The van der Waals surface area contributed by atoms with Gasteiger partial charge >= 0.3 is 0 Å². The molecule has 18 heavy (non-hydrogen) atoms. The smallest absolute Gasteiger partial charge is 0.145 e. The maximum atomic E-state index is 5.45. The third-order valence-corrected chi connectivity index (χ3v) is 3.35. The summed E-state index contributed by atoms with van der Waals surface area (Å²) in [5, 5.41) is 3.51. The molecule has 0 unspecified atom stereocenters. The number of nitrogens with one attached hydrogen (secondary N) is 2. The summed E-state index contributed by atoms with van der Waals surface area (Å²) in [6.07, 6.45) is 8.38. The van der Waals surface area contributed by atoms with Crippen molar-refractivity contribution in [2.24, 2.45) is 5.84 Å². The van der Waals surface area contributed by atoms with Gasteiger partial charge in [-0.05, 0) is 19.3 Å². The second-order valence-electron chi connectivity index (χ2n) is 4.93. The molecule has 1 aromatic heterocycles. The van der Waals surface area contributed by atoms with E-state index in [-0.39, 0.29) is 0 Å². The quantitative estimate of drug-likeness (QED) is 0.552. The molecule has 0 spiro atoms. The lowest BCUT2D eigenvalue weighted by atomic mass is 9.95. The Hall–Kier alpha value is -1.36. The van der Waals surface area contributed by atoms with Crippen LogP contribution < -0.4 is 16.6 Å². The molecule has 0 bridgehead atoms. The van der Waals surface area contributed by atoms with E-state index in [0.717, 1.165) is 24.5 Å². The lowest BCUT2D eigenvalue weighted by molar-refractivity contribution is 0.461. The van der Waals surface area contributed by atoms with E-state index in [1.54, 1.807) is 0 Å². The lowest BCUT2D eigenvalue weighted by Crippen LogP contribution is -2.23. The van der Waals surface area contributed by atoms with E-state index in [1.165, 1.54) is 32.1 Å². The first-order valence-electron chi connectivity index (χ1n) is 6.93. The van der Waals surface area contributed by atoms with Crippen molar-refractivity contribution in [3.8, 4) is 0 Å². The Morgan fingerprint density at radius 2 is 1.94 bits per heavy atom. The molecule has 1 aromatic rings. The van der Waals surface area contributed by atoms with E-state index in [2.05, 4.69) is 27.6 Å². The van der Waals surface area contributed by atoms with Crippen LogP contribution in [-0.4, -0.2) is 16.0 Å². The fourth-order valence-electron chi connectivity index (χ4n) is 2.44. The van der Waals surface area contributed by atoms with Gasteiger partial charge in [0, 0.05) is 18.5 Å². The number of aromatic nitrogens is 2. The highest BCUT2D eigenvalue weighted by Gasteiger charge is 2.14. The fraction of sp³-hybridized carbons (Fsp3) is 0.692. The molecule has 100 valence electrons. The van der Waals surface area contributed by atoms with Gasteiger partial charge in [0.25, 0.3) is 0 Å². The zero-order valence-corrected chi connectivity index (χ0v) is 11.1. The summed E-state index contributed by atoms with van der Waals surface area (Å²) < 4.78 is 0. The minimum Gasteiger partial charge on any atom is -0.367 e. The van der Waals surface area contributed by atoms with Crippen molar-refractivity contribution in [3.05, 3.63) is 11.9 Å². The van der Waals surface area contributed by atoms with E-state index < -0.39 is 0 Å². The first-order valence-corrected chi connectivity index (χ1v) is 6.93. The van der Waals surface area contributed by atoms with Crippen molar-refractivity contribution in [1.29, 1.82) is 0 Å². The SMILES string of the molecule is CCCc1nc(NN)cc(NC2CCCCC2)n1. The third kappa shape index (κ3) is 3.57. The molecule has 0 atom stereocenters. The fourth-order valence-corrected chi connectivity index (χ4v) is 2.44. The Bertz CT molecular complexity index is 374. The van der Waals surface area contributed by atoms with Crippen LogP contribution in [0, 0.1) is 0 Å². The minimum absolute atomic E-state index is 0.550. The van der Waals surface area contributed by atoms with Gasteiger partial charge in [0.05, 0.1) is 0 Å². The van der Waals surface area contributed by atoms with Crippen molar-refractivity contribution < 1.29 is 0 Å². The molecule has 4 N–H and O–H groups in total. The Kier molecular flexibility index (Phi) is 4.75. The van der Waals surface area contributed by atoms with Gasteiger partial charge in [0.2, 0.25) is 0 Å². The molecule has 5 heteroatoms. The normalized spacial score (nSPS) is 16.6. The largest absolute Gasteiger partial charge is 0.367 e. The third-order valence-electron chi connectivity index (χ3n) is 3.35. The second-order valence-corrected chi connectivity index (χ2v) is 4.93. The lowest BCUT2D eigenvalue weighted by Gasteiger charge is -2.23. The van der Waals surface area contributed by atoms with Gasteiger partial charge in [-0.15, -0.1) is 0 Å². The van der Waals surface area contributed by atoms with Crippen LogP contribution in [0.4, 0.5) is 11.6 Å². The average molecular weight is 249 g/mol. The molecule has 1 saturated carbocycles. The topological polar surface area (TPSA) is 75.9 Å². The predicted octanol–water partition coefficient (Wildman–Crippen LogP) is 2.46. The standard InChI is InChI=1S/C13H23N5/c1-2-6-11-16-12(9-13(17-11)18-14)15-10-7-4-3-5-8-10/h9-10H,2-8,14H2,1H3,(H2,15,16,17,18). The first-order chi connectivity index (χ1) is 8.81. The molecular weight excluding hydrogens is 226 g/mol. The molecule has 1 aliphatic rings. The van der Waals surface area contributed by atoms with Gasteiger partial charge < -0.3 is 10.7 Å². The van der Waals surface area contributed by atoms with E-state index >= 15 is 0 Å². The number of nitrogens with zero attached hydrogens (tertiary/aromatic N) is 2. The van der Waals surface area contributed by atoms with Crippen LogP contribution in [0.1, 0.15) is 51.3 Å². The molecule has 0 aromatic carbocycles. The van der Waals surface area contributed by atoms with Crippen molar-refractivity contribution in [1.82, 2.24) is 9.97 Å². The highest BCUT2D eigenvalue weighted by Crippen LogP contribution is 2.21. The summed E-state index contributed by atoms with van der Waals surface area (Å²) >= 11 is 0. The summed E-state index contributed by atoms with van der Waals surface area (Å²) in [5.74, 6) is 7.89. The van der Waals surface area contributed by atoms with Gasteiger partial charge in [-0.3, -0.25) is 0 Å². The predicted molar refractivity (Wildman–Crippen MR) is 74.3 cm³/mol. The maximum Gasteiger partial charge on any atom is 0.145 e. The number of nitrogen functional groups attached to an aromatic ring is 1. The molecule has 1 aliphatic carbocycles. The van der Waals surface area contributed by atoms with E-state index in [1.807, 2.05) is 6.07 Å². The molecule has 2 rings (SSSR count).